The molecule has 0 aromatic heterocycles. The van der Waals surface area contributed by atoms with Gasteiger partial charge in [0.25, 0.3) is 0 Å². The predicted octanol–water partition coefficient (Wildman–Crippen LogP) is 0.722. The molecule has 2 amide bonds. The van der Waals surface area contributed by atoms with Gasteiger partial charge in [-0.25, -0.2) is 0 Å². The second kappa shape index (κ2) is 6.13. The molecule has 1 rings (SSSR count). The second-order valence-electron chi connectivity index (χ2n) is 4.36. The van der Waals surface area contributed by atoms with Gasteiger partial charge in [-0.2, -0.15) is 11.8 Å². The van der Waals surface area contributed by atoms with E-state index in [-0.39, 0.29) is 23.8 Å². The van der Waals surface area contributed by atoms with Crippen LogP contribution in [-0.2, 0) is 9.59 Å². The van der Waals surface area contributed by atoms with E-state index >= 15 is 0 Å². The lowest BCUT2D eigenvalue weighted by Gasteiger charge is -2.25. The molecule has 0 radical (unpaired) electrons. The normalized spacial score (nSPS) is 22.2. The first-order chi connectivity index (χ1) is 7.56. The van der Waals surface area contributed by atoms with Gasteiger partial charge in [0.1, 0.15) is 6.04 Å². The first kappa shape index (κ1) is 13.4. The van der Waals surface area contributed by atoms with Gasteiger partial charge in [-0.1, -0.05) is 13.8 Å². The van der Waals surface area contributed by atoms with Crippen molar-refractivity contribution in [3.05, 3.63) is 0 Å². The number of carbonyl (C=O) groups excluding carboxylic acids is 2. The number of amides is 2. The van der Waals surface area contributed by atoms with E-state index in [0.29, 0.717) is 13.0 Å². The van der Waals surface area contributed by atoms with Gasteiger partial charge in [-0.05, 0) is 12.2 Å². The van der Waals surface area contributed by atoms with Crippen LogP contribution in [-0.4, -0.2) is 47.9 Å². The number of carbonyl (C=O) groups is 2. The molecule has 1 aliphatic heterocycles. The van der Waals surface area contributed by atoms with Gasteiger partial charge >= 0.3 is 0 Å². The lowest BCUT2D eigenvalue weighted by molar-refractivity contribution is -0.134. The van der Waals surface area contributed by atoms with Crippen molar-refractivity contribution in [1.82, 2.24) is 10.2 Å². The molecule has 1 aliphatic rings. The highest BCUT2D eigenvalue weighted by Crippen LogP contribution is 2.11. The fourth-order valence-electron chi connectivity index (χ4n) is 1.73. The monoisotopic (exact) mass is 244 g/mol. The summed E-state index contributed by atoms with van der Waals surface area (Å²) < 4.78 is 0. The first-order valence-electron chi connectivity index (χ1n) is 5.63. The Labute approximate surface area is 101 Å². The maximum absolute atomic E-state index is 12.1. The van der Waals surface area contributed by atoms with Crippen LogP contribution in [0, 0.1) is 5.92 Å². The van der Waals surface area contributed by atoms with E-state index in [2.05, 4.69) is 5.32 Å². The van der Waals surface area contributed by atoms with Crippen molar-refractivity contribution in [3.8, 4) is 0 Å². The molecular formula is C11H20N2O2S. The Morgan fingerprint density at radius 2 is 2.19 bits per heavy atom. The zero-order valence-corrected chi connectivity index (χ0v) is 11.0. The van der Waals surface area contributed by atoms with E-state index in [9.17, 15) is 9.59 Å². The third kappa shape index (κ3) is 3.40. The number of nitrogens with one attached hydrogen (secondary N) is 1. The Bertz CT molecular complexity index is 269. The Balaban J connectivity index is 2.71. The summed E-state index contributed by atoms with van der Waals surface area (Å²) in [6.45, 7) is 5.20. The third-order valence-electron chi connectivity index (χ3n) is 2.73. The standard InChI is InChI=1S/C11H20N2O2S/c1-8(2)10-11(15)13(6-7-16-3)5-4-9(14)12-10/h8,10H,4-7H2,1-3H3,(H,12,14). The van der Waals surface area contributed by atoms with Gasteiger partial charge in [-0.3, -0.25) is 9.59 Å². The molecule has 1 unspecified atom stereocenters. The molecule has 1 saturated heterocycles. The summed E-state index contributed by atoms with van der Waals surface area (Å²) in [7, 11) is 0. The summed E-state index contributed by atoms with van der Waals surface area (Å²) in [6, 6.07) is -0.350. The van der Waals surface area contributed by atoms with Crippen LogP contribution >= 0.6 is 11.8 Å². The van der Waals surface area contributed by atoms with Gasteiger partial charge in [0, 0.05) is 25.3 Å². The molecule has 5 heteroatoms. The van der Waals surface area contributed by atoms with E-state index < -0.39 is 0 Å². The lowest BCUT2D eigenvalue weighted by atomic mass is 10.0. The highest BCUT2D eigenvalue weighted by molar-refractivity contribution is 7.98. The van der Waals surface area contributed by atoms with Crippen LogP contribution in [0.1, 0.15) is 20.3 Å². The van der Waals surface area contributed by atoms with Crippen molar-refractivity contribution in [3.63, 3.8) is 0 Å². The van der Waals surface area contributed by atoms with E-state index in [1.54, 1.807) is 16.7 Å². The fraction of sp³-hybridized carbons (Fsp3) is 0.818. The summed E-state index contributed by atoms with van der Waals surface area (Å²) in [5.74, 6) is 1.12. The van der Waals surface area contributed by atoms with Crippen molar-refractivity contribution >= 4 is 23.6 Å². The summed E-state index contributed by atoms with van der Waals surface area (Å²) in [5, 5.41) is 2.80. The Morgan fingerprint density at radius 1 is 1.50 bits per heavy atom. The maximum atomic E-state index is 12.1. The molecular weight excluding hydrogens is 224 g/mol. The number of nitrogens with zero attached hydrogens (tertiary/aromatic N) is 1. The van der Waals surface area contributed by atoms with Crippen LogP contribution in [0.4, 0.5) is 0 Å². The minimum atomic E-state index is -0.350. The second-order valence-corrected chi connectivity index (χ2v) is 5.34. The van der Waals surface area contributed by atoms with Crippen LogP contribution in [0.15, 0.2) is 0 Å². The molecule has 92 valence electrons. The average molecular weight is 244 g/mol. The fourth-order valence-corrected chi connectivity index (χ4v) is 2.13. The van der Waals surface area contributed by atoms with E-state index in [1.807, 2.05) is 20.1 Å². The van der Waals surface area contributed by atoms with Crippen molar-refractivity contribution in [2.75, 3.05) is 25.1 Å². The number of thioether (sulfide) groups is 1. The van der Waals surface area contributed by atoms with Crippen LogP contribution in [0.3, 0.4) is 0 Å². The highest BCUT2D eigenvalue weighted by Gasteiger charge is 2.31. The molecule has 0 aromatic rings. The summed E-state index contributed by atoms with van der Waals surface area (Å²) in [4.78, 5) is 25.4. The molecule has 1 N–H and O–H groups in total. The minimum Gasteiger partial charge on any atom is -0.344 e. The quantitative estimate of drug-likeness (QED) is 0.793. The zero-order valence-electron chi connectivity index (χ0n) is 10.2. The zero-order chi connectivity index (χ0) is 12.1. The predicted molar refractivity (Wildman–Crippen MR) is 66.3 cm³/mol. The van der Waals surface area contributed by atoms with Gasteiger partial charge in [-0.15, -0.1) is 0 Å². The smallest absolute Gasteiger partial charge is 0.245 e. The maximum Gasteiger partial charge on any atom is 0.245 e. The number of hydrogen-bond acceptors (Lipinski definition) is 3. The highest BCUT2D eigenvalue weighted by atomic mass is 32.2. The number of hydrogen-bond donors (Lipinski definition) is 1. The van der Waals surface area contributed by atoms with E-state index in [4.69, 9.17) is 0 Å². The van der Waals surface area contributed by atoms with Crippen LogP contribution < -0.4 is 5.32 Å². The van der Waals surface area contributed by atoms with E-state index in [1.165, 1.54) is 0 Å². The van der Waals surface area contributed by atoms with Crippen molar-refractivity contribution in [2.24, 2.45) is 5.92 Å². The number of rotatable bonds is 4. The Kier molecular flexibility index (Phi) is 5.12. The Morgan fingerprint density at radius 3 is 2.75 bits per heavy atom. The van der Waals surface area contributed by atoms with Crippen LogP contribution in [0.2, 0.25) is 0 Å². The molecule has 1 atom stereocenters. The molecule has 0 aliphatic carbocycles. The molecule has 16 heavy (non-hydrogen) atoms. The van der Waals surface area contributed by atoms with Gasteiger partial charge in [0.2, 0.25) is 11.8 Å². The van der Waals surface area contributed by atoms with Crippen molar-refractivity contribution < 1.29 is 9.59 Å². The SMILES string of the molecule is CSCCN1CCC(=O)NC(C(C)C)C1=O. The van der Waals surface area contributed by atoms with Crippen LogP contribution in [0.5, 0.6) is 0 Å². The molecule has 0 bridgehead atoms. The third-order valence-corrected chi connectivity index (χ3v) is 3.33. The summed E-state index contributed by atoms with van der Waals surface area (Å²) in [6.07, 6.45) is 2.44. The lowest BCUT2D eigenvalue weighted by Crippen LogP contribution is -2.48. The first-order valence-corrected chi connectivity index (χ1v) is 7.02. The molecule has 0 saturated carbocycles. The van der Waals surface area contributed by atoms with Gasteiger partial charge < -0.3 is 10.2 Å². The van der Waals surface area contributed by atoms with Gasteiger partial charge in [0.15, 0.2) is 0 Å². The topological polar surface area (TPSA) is 49.4 Å². The average Bonchev–Trinajstić information content (AvgIpc) is 2.37. The molecule has 1 heterocycles. The van der Waals surface area contributed by atoms with Gasteiger partial charge in [0.05, 0.1) is 0 Å². The molecule has 0 aromatic carbocycles. The minimum absolute atomic E-state index is 0.0151. The molecule has 1 fully saturated rings. The van der Waals surface area contributed by atoms with E-state index in [0.717, 1.165) is 12.3 Å². The van der Waals surface area contributed by atoms with Crippen LogP contribution in [0.25, 0.3) is 0 Å². The largest absolute Gasteiger partial charge is 0.344 e. The molecule has 4 nitrogen and oxygen atoms in total. The summed E-state index contributed by atoms with van der Waals surface area (Å²) in [5.41, 5.74) is 0. The molecule has 0 spiro atoms. The van der Waals surface area contributed by atoms with Crippen molar-refractivity contribution in [2.45, 2.75) is 26.3 Å². The Hall–Kier alpha value is -0.710. The summed E-state index contributed by atoms with van der Waals surface area (Å²) >= 11 is 1.72. The van der Waals surface area contributed by atoms with Crippen molar-refractivity contribution in [1.29, 1.82) is 0 Å².